The van der Waals surface area contributed by atoms with E-state index in [9.17, 15) is 0 Å². The smallest absolute Gasteiger partial charge is 0.280 e. The Hall–Kier alpha value is -1.99. The molecule has 0 saturated heterocycles. The van der Waals surface area contributed by atoms with Gasteiger partial charge in [0.2, 0.25) is 0 Å². The van der Waals surface area contributed by atoms with E-state index in [1.807, 2.05) is 30.6 Å². The Morgan fingerprint density at radius 2 is 2.25 bits per heavy atom. The second-order valence-corrected chi connectivity index (χ2v) is 5.41. The summed E-state index contributed by atoms with van der Waals surface area (Å²) in [5, 5.41) is 13.0. The van der Waals surface area contributed by atoms with Gasteiger partial charge in [0, 0.05) is 18.5 Å². The van der Waals surface area contributed by atoms with Gasteiger partial charge in [0.15, 0.2) is 17.3 Å². The van der Waals surface area contributed by atoms with Crippen molar-refractivity contribution < 1.29 is 9.05 Å². The molecule has 0 bridgehead atoms. The number of nitrogens with zero attached hydrogens (tertiary/aromatic N) is 3. The standard InChI is InChI=1S/C13H14N4O2S/c1-8(14-2)6-12-15-13(19-17-12)9-7-10(18-16-9)11-4-3-5-20-11/h3-5,7-8,14H,6H2,1-2H3. The van der Waals surface area contributed by atoms with Gasteiger partial charge in [-0.25, -0.2) is 0 Å². The van der Waals surface area contributed by atoms with Crippen LogP contribution in [-0.2, 0) is 6.42 Å². The summed E-state index contributed by atoms with van der Waals surface area (Å²) in [5.74, 6) is 1.75. The van der Waals surface area contributed by atoms with Crippen molar-refractivity contribution in [2.75, 3.05) is 7.05 Å². The number of hydrogen-bond acceptors (Lipinski definition) is 7. The van der Waals surface area contributed by atoms with Crippen molar-refractivity contribution in [1.29, 1.82) is 0 Å². The number of nitrogens with one attached hydrogen (secondary N) is 1. The molecular formula is C13H14N4O2S. The molecule has 0 saturated carbocycles. The van der Waals surface area contributed by atoms with Crippen LogP contribution in [0.15, 0.2) is 32.6 Å². The van der Waals surface area contributed by atoms with Gasteiger partial charge in [-0.2, -0.15) is 4.98 Å². The third kappa shape index (κ3) is 2.63. The van der Waals surface area contributed by atoms with E-state index in [0.717, 1.165) is 4.88 Å². The maximum atomic E-state index is 5.30. The van der Waals surface area contributed by atoms with Gasteiger partial charge in [-0.05, 0) is 25.4 Å². The van der Waals surface area contributed by atoms with Crippen molar-refractivity contribution in [3.05, 3.63) is 29.4 Å². The molecule has 0 amide bonds. The maximum Gasteiger partial charge on any atom is 0.280 e. The van der Waals surface area contributed by atoms with Gasteiger partial charge < -0.3 is 14.4 Å². The monoisotopic (exact) mass is 290 g/mol. The minimum atomic E-state index is 0.291. The van der Waals surface area contributed by atoms with Gasteiger partial charge in [-0.15, -0.1) is 11.3 Å². The van der Waals surface area contributed by atoms with E-state index in [1.165, 1.54) is 0 Å². The second-order valence-electron chi connectivity index (χ2n) is 4.46. The normalized spacial score (nSPS) is 12.7. The van der Waals surface area contributed by atoms with Crippen molar-refractivity contribution >= 4 is 11.3 Å². The summed E-state index contributed by atoms with van der Waals surface area (Å²) >= 11 is 1.59. The van der Waals surface area contributed by atoms with Crippen LogP contribution in [0.25, 0.3) is 22.2 Å². The molecule has 104 valence electrons. The lowest BCUT2D eigenvalue weighted by Gasteiger charge is -2.04. The lowest BCUT2D eigenvalue weighted by molar-refractivity contribution is 0.404. The largest absolute Gasteiger partial charge is 0.355 e. The average molecular weight is 290 g/mol. The zero-order valence-electron chi connectivity index (χ0n) is 11.2. The molecule has 3 aromatic heterocycles. The van der Waals surface area contributed by atoms with Crippen molar-refractivity contribution in [2.45, 2.75) is 19.4 Å². The molecule has 0 fully saturated rings. The SMILES string of the molecule is CNC(C)Cc1noc(-c2cc(-c3cccs3)on2)n1. The molecule has 0 aromatic carbocycles. The van der Waals surface area contributed by atoms with Crippen LogP contribution in [0, 0.1) is 0 Å². The van der Waals surface area contributed by atoms with Gasteiger partial charge in [-0.1, -0.05) is 16.4 Å². The second kappa shape index (κ2) is 5.56. The Balaban J connectivity index is 1.80. The third-order valence-corrected chi connectivity index (χ3v) is 3.83. The molecule has 20 heavy (non-hydrogen) atoms. The molecular weight excluding hydrogens is 276 g/mol. The van der Waals surface area contributed by atoms with Crippen LogP contribution in [0.3, 0.4) is 0 Å². The van der Waals surface area contributed by atoms with Crippen LogP contribution in [0.2, 0.25) is 0 Å². The lowest BCUT2D eigenvalue weighted by Crippen LogP contribution is -2.24. The maximum absolute atomic E-state index is 5.30. The number of hydrogen-bond donors (Lipinski definition) is 1. The Labute approximate surface area is 119 Å². The summed E-state index contributed by atoms with van der Waals surface area (Å²) in [6, 6.07) is 6.04. The van der Waals surface area contributed by atoms with E-state index in [0.29, 0.717) is 35.6 Å². The fourth-order valence-electron chi connectivity index (χ4n) is 1.73. The first-order chi connectivity index (χ1) is 9.76. The van der Waals surface area contributed by atoms with E-state index in [4.69, 9.17) is 9.05 Å². The Bertz CT molecular complexity index is 674. The van der Waals surface area contributed by atoms with Crippen LogP contribution in [0.5, 0.6) is 0 Å². The average Bonchev–Trinajstić information content (AvgIpc) is 3.18. The fraction of sp³-hybridized carbons (Fsp3) is 0.308. The molecule has 3 heterocycles. The highest BCUT2D eigenvalue weighted by atomic mass is 32.1. The number of aromatic nitrogens is 3. The summed E-state index contributed by atoms with van der Waals surface area (Å²) in [4.78, 5) is 5.35. The zero-order chi connectivity index (χ0) is 13.9. The minimum Gasteiger partial charge on any atom is -0.355 e. The summed E-state index contributed by atoms with van der Waals surface area (Å²) in [5.41, 5.74) is 0.560. The summed E-state index contributed by atoms with van der Waals surface area (Å²) in [6.45, 7) is 2.06. The van der Waals surface area contributed by atoms with Crippen LogP contribution < -0.4 is 5.32 Å². The van der Waals surface area contributed by atoms with Gasteiger partial charge in [-0.3, -0.25) is 0 Å². The van der Waals surface area contributed by atoms with E-state index in [2.05, 4.69) is 27.5 Å². The molecule has 0 radical (unpaired) electrons. The highest BCUT2D eigenvalue weighted by Crippen LogP contribution is 2.28. The van der Waals surface area contributed by atoms with E-state index >= 15 is 0 Å². The molecule has 0 spiro atoms. The van der Waals surface area contributed by atoms with Crippen molar-refractivity contribution in [2.24, 2.45) is 0 Å². The first kappa shape index (κ1) is 13.0. The predicted molar refractivity (Wildman–Crippen MR) is 75.3 cm³/mol. The van der Waals surface area contributed by atoms with Gasteiger partial charge >= 0.3 is 0 Å². The number of rotatable bonds is 5. The molecule has 1 N–H and O–H groups in total. The fourth-order valence-corrected chi connectivity index (χ4v) is 2.40. The van der Waals surface area contributed by atoms with Gasteiger partial charge in [0.1, 0.15) is 0 Å². The number of thiophene rings is 1. The molecule has 7 heteroatoms. The van der Waals surface area contributed by atoms with Crippen LogP contribution in [0.4, 0.5) is 0 Å². The van der Waals surface area contributed by atoms with E-state index in [1.54, 1.807) is 11.3 Å². The molecule has 6 nitrogen and oxygen atoms in total. The van der Waals surface area contributed by atoms with Crippen molar-refractivity contribution in [3.8, 4) is 22.2 Å². The molecule has 3 aromatic rings. The molecule has 1 atom stereocenters. The summed E-state index contributed by atoms with van der Waals surface area (Å²) in [6.07, 6.45) is 0.704. The van der Waals surface area contributed by atoms with Crippen molar-refractivity contribution in [1.82, 2.24) is 20.6 Å². The van der Waals surface area contributed by atoms with E-state index < -0.39 is 0 Å². The zero-order valence-corrected chi connectivity index (χ0v) is 12.0. The van der Waals surface area contributed by atoms with Crippen LogP contribution in [-0.4, -0.2) is 28.4 Å². The molecule has 3 rings (SSSR count). The molecule has 1 unspecified atom stereocenters. The van der Waals surface area contributed by atoms with E-state index in [-0.39, 0.29) is 0 Å². The Kier molecular flexibility index (Phi) is 3.62. The molecule has 0 aliphatic carbocycles. The summed E-state index contributed by atoms with van der Waals surface area (Å²) < 4.78 is 10.5. The highest BCUT2D eigenvalue weighted by Gasteiger charge is 2.16. The summed E-state index contributed by atoms with van der Waals surface area (Å²) in [7, 11) is 1.90. The van der Waals surface area contributed by atoms with Crippen LogP contribution >= 0.6 is 11.3 Å². The van der Waals surface area contributed by atoms with Crippen LogP contribution in [0.1, 0.15) is 12.7 Å². The third-order valence-electron chi connectivity index (χ3n) is 2.94. The Morgan fingerprint density at radius 1 is 1.35 bits per heavy atom. The Morgan fingerprint density at radius 3 is 3.00 bits per heavy atom. The quantitative estimate of drug-likeness (QED) is 0.778. The van der Waals surface area contributed by atoms with Gasteiger partial charge in [0.25, 0.3) is 5.89 Å². The topological polar surface area (TPSA) is 77.0 Å². The van der Waals surface area contributed by atoms with Crippen molar-refractivity contribution in [3.63, 3.8) is 0 Å². The number of likely N-dealkylation sites (N-methyl/N-ethyl adjacent to an activating group) is 1. The van der Waals surface area contributed by atoms with Gasteiger partial charge in [0.05, 0.1) is 4.88 Å². The first-order valence-corrected chi connectivity index (χ1v) is 7.15. The lowest BCUT2D eigenvalue weighted by atomic mass is 10.2. The molecule has 0 aliphatic rings. The highest BCUT2D eigenvalue weighted by molar-refractivity contribution is 7.13. The molecule has 0 aliphatic heterocycles. The minimum absolute atomic E-state index is 0.291. The predicted octanol–water partition coefficient (Wildman–Crippen LogP) is 2.60. The first-order valence-electron chi connectivity index (χ1n) is 6.27.